The molecule has 0 aromatic heterocycles. The smallest absolute Gasteiger partial charge is 0.123 e. The number of halogens is 1. The Morgan fingerprint density at radius 1 is 1.14 bits per heavy atom. The van der Waals surface area contributed by atoms with Gasteiger partial charge in [-0.1, -0.05) is 30.3 Å². The highest BCUT2D eigenvalue weighted by molar-refractivity contribution is 5.33. The topological polar surface area (TPSA) is 26.0 Å². The van der Waals surface area contributed by atoms with Crippen LogP contribution in [0, 0.1) is 18.2 Å². The quantitative estimate of drug-likeness (QED) is 0.910. The molecule has 0 fully saturated rings. The van der Waals surface area contributed by atoms with Crippen molar-refractivity contribution in [3.8, 4) is 0 Å². The number of nitrogens with two attached hydrogens (primary N) is 1. The van der Waals surface area contributed by atoms with Gasteiger partial charge >= 0.3 is 0 Å². The Kier molecular flexibility index (Phi) is 3.81. The van der Waals surface area contributed by atoms with Crippen molar-refractivity contribution in [3.63, 3.8) is 0 Å². The normalized spacial score (nSPS) is 21.1. The van der Waals surface area contributed by atoms with E-state index in [-0.39, 0.29) is 11.2 Å². The van der Waals surface area contributed by atoms with Crippen LogP contribution < -0.4 is 5.73 Å². The lowest BCUT2D eigenvalue weighted by molar-refractivity contribution is 0.253. The lowest BCUT2D eigenvalue weighted by Gasteiger charge is -2.38. The van der Waals surface area contributed by atoms with Crippen LogP contribution in [0.25, 0.3) is 0 Å². The van der Waals surface area contributed by atoms with Crippen molar-refractivity contribution in [1.82, 2.24) is 0 Å². The summed E-state index contributed by atoms with van der Waals surface area (Å²) in [7, 11) is 0. The number of aryl methyl sites for hydroxylation is 2. The molecule has 0 bridgehead atoms. The van der Waals surface area contributed by atoms with Crippen LogP contribution in [-0.2, 0) is 19.3 Å². The Bertz CT molecular complexity index is 650. The van der Waals surface area contributed by atoms with Crippen LogP contribution in [0.3, 0.4) is 0 Å². The zero-order valence-corrected chi connectivity index (χ0v) is 12.5. The molecular formula is C19H22FN. The molecule has 2 aromatic rings. The zero-order chi connectivity index (χ0) is 14.9. The van der Waals surface area contributed by atoms with Crippen LogP contribution in [0.2, 0.25) is 0 Å². The molecule has 1 atom stereocenters. The first-order chi connectivity index (χ1) is 10.1. The highest BCUT2D eigenvalue weighted by atomic mass is 19.1. The van der Waals surface area contributed by atoms with Crippen molar-refractivity contribution in [1.29, 1.82) is 0 Å². The van der Waals surface area contributed by atoms with Gasteiger partial charge in [0.2, 0.25) is 0 Å². The van der Waals surface area contributed by atoms with Crippen LogP contribution in [0.4, 0.5) is 4.39 Å². The number of fused-ring (bicyclic) bond motifs is 1. The van der Waals surface area contributed by atoms with Gasteiger partial charge in [0, 0.05) is 0 Å². The van der Waals surface area contributed by atoms with Crippen LogP contribution >= 0.6 is 0 Å². The van der Waals surface area contributed by atoms with Crippen LogP contribution in [0.5, 0.6) is 0 Å². The summed E-state index contributed by atoms with van der Waals surface area (Å²) in [5.74, 6) is -0.160. The van der Waals surface area contributed by atoms with E-state index in [9.17, 15) is 4.39 Å². The molecule has 1 aliphatic rings. The summed E-state index contributed by atoms with van der Waals surface area (Å²) in [5.41, 5.74) is 11.4. The lowest BCUT2D eigenvalue weighted by atomic mass is 9.68. The van der Waals surface area contributed by atoms with Crippen LogP contribution in [0.1, 0.15) is 28.7 Å². The van der Waals surface area contributed by atoms with Crippen molar-refractivity contribution in [2.24, 2.45) is 11.1 Å². The maximum Gasteiger partial charge on any atom is 0.123 e. The fraction of sp³-hybridized carbons (Fsp3) is 0.368. The van der Waals surface area contributed by atoms with Crippen molar-refractivity contribution >= 4 is 0 Å². The number of hydrogen-bond donors (Lipinski definition) is 1. The first kappa shape index (κ1) is 14.3. The van der Waals surface area contributed by atoms with E-state index in [0.29, 0.717) is 6.54 Å². The second-order valence-corrected chi connectivity index (χ2v) is 6.40. The van der Waals surface area contributed by atoms with Gasteiger partial charge in [-0.05, 0) is 79.0 Å². The van der Waals surface area contributed by atoms with Gasteiger partial charge in [-0.3, -0.25) is 0 Å². The molecule has 2 heteroatoms. The highest BCUT2D eigenvalue weighted by Gasteiger charge is 2.33. The first-order valence-electron chi connectivity index (χ1n) is 7.64. The summed E-state index contributed by atoms with van der Waals surface area (Å²) in [5, 5.41) is 0. The largest absolute Gasteiger partial charge is 0.330 e. The predicted molar refractivity (Wildman–Crippen MR) is 84.8 cm³/mol. The summed E-state index contributed by atoms with van der Waals surface area (Å²) < 4.78 is 13.3. The molecule has 1 aliphatic carbocycles. The third-order valence-electron chi connectivity index (χ3n) is 4.91. The fourth-order valence-corrected chi connectivity index (χ4v) is 3.52. The third kappa shape index (κ3) is 2.86. The Morgan fingerprint density at radius 3 is 2.62 bits per heavy atom. The summed E-state index contributed by atoms with van der Waals surface area (Å²) in [6, 6.07) is 13.8. The number of rotatable bonds is 3. The SMILES string of the molecule is Cc1cc(F)ccc1CC1(CN)CCc2ccccc2C1. The summed E-state index contributed by atoms with van der Waals surface area (Å²) in [4.78, 5) is 0. The van der Waals surface area contributed by atoms with Gasteiger partial charge in [0.15, 0.2) is 0 Å². The van der Waals surface area contributed by atoms with E-state index in [1.165, 1.54) is 16.7 Å². The van der Waals surface area contributed by atoms with Gasteiger partial charge in [0.05, 0.1) is 0 Å². The summed E-state index contributed by atoms with van der Waals surface area (Å²) in [6.45, 7) is 2.66. The van der Waals surface area contributed by atoms with Crippen LogP contribution in [0.15, 0.2) is 42.5 Å². The van der Waals surface area contributed by atoms with Gasteiger partial charge in [0.25, 0.3) is 0 Å². The molecule has 2 aromatic carbocycles. The molecule has 1 unspecified atom stereocenters. The predicted octanol–water partition coefficient (Wildman–Crippen LogP) is 3.81. The summed E-state index contributed by atoms with van der Waals surface area (Å²) >= 11 is 0. The van der Waals surface area contributed by atoms with Gasteiger partial charge < -0.3 is 5.73 Å². The Morgan fingerprint density at radius 2 is 1.90 bits per heavy atom. The second-order valence-electron chi connectivity index (χ2n) is 6.40. The molecule has 0 aliphatic heterocycles. The molecule has 110 valence electrons. The summed E-state index contributed by atoms with van der Waals surface area (Å²) in [6.07, 6.45) is 4.16. The second kappa shape index (κ2) is 5.61. The standard InChI is InChI=1S/C19H22FN/c1-14-10-18(20)7-6-16(14)11-19(13-21)9-8-15-4-2-3-5-17(15)12-19/h2-7,10H,8-9,11-13,21H2,1H3. The average molecular weight is 283 g/mol. The zero-order valence-electron chi connectivity index (χ0n) is 12.5. The minimum Gasteiger partial charge on any atom is -0.330 e. The minimum absolute atomic E-state index is 0.108. The van der Waals surface area contributed by atoms with E-state index >= 15 is 0 Å². The monoisotopic (exact) mass is 283 g/mol. The Balaban J connectivity index is 1.88. The molecule has 0 saturated heterocycles. The van der Waals surface area contributed by atoms with Crippen molar-refractivity contribution in [2.45, 2.75) is 32.6 Å². The lowest BCUT2D eigenvalue weighted by Crippen LogP contribution is -2.38. The van der Waals surface area contributed by atoms with E-state index in [4.69, 9.17) is 5.73 Å². The van der Waals surface area contributed by atoms with E-state index in [2.05, 4.69) is 24.3 Å². The maximum atomic E-state index is 13.3. The van der Waals surface area contributed by atoms with Crippen molar-refractivity contribution < 1.29 is 4.39 Å². The van der Waals surface area contributed by atoms with Crippen molar-refractivity contribution in [2.75, 3.05) is 6.54 Å². The van der Waals surface area contributed by atoms with Gasteiger partial charge in [-0.15, -0.1) is 0 Å². The maximum absolute atomic E-state index is 13.3. The third-order valence-corrected chi connectivity index (χ3v) is 4.91. The number of benzene rings is 2. The molecule has 0 radical (unpaired) electrons. The number of hydrogen-bond acceptors (Lipinski definition) is 1. The molecule has 0 saturated carbocycles. The fourth-order valence-electron chi connectivity index (χ4n) is 3.52. The Hall–Kier alpha value is -1.67. The molecule has 2 N–H and O–H groups in total. The van der Waals surface area contributed by atoms with E-state index < -0.39 is 0 Å². The Labute approximate surface area is 126 Å². The first-order valence-corrected chi connectivity index (χ1v) is 7.64. The van der Waals surface area contributed by atoms with E-state index in [1.54, 1.807) is 12.1 Å². The van der Waals surface area contributed by atoms with Gasteiger partial charge in [0.1, 0.15) is 5.82 Å². The van der Waals surface area contributed by atoms with Crippen LogP contribution in [-0.4, -0.2) is 6.54 Å². The molecule has 3 rings (SSSR count). The molecular weight excluding hydrogens is 261 g/mol. The van der Waals surface area contributed by atoms with E-state index in [1.807, 2.05) is 13.0 Å². The van der Waals surface area contributed by atoms with Crippen molar-refractivity contribution in [3.05, 3.63) is 70.5 Å². The van der Waals surface area contributed by atoms with E-state index in [0.717, 1.165) is 31.2 Å². The minimum atomic E-state index is -0.160. The molecule has 21 heavy (non-hydrogen) atoms. The molecule has 0 spiro atoms. The van der Waals surface area contributed by atoms with Gasteiger partial charge in [-0.2, -0.15) is 0 Å². The van der Waals surface area contributed by atoms with Gasteiger partial charge in [-0.25, -0.2) is 4.39 Å². The molecule has 1 nitrogen and oxygen atoms in total. The molecule has 0 heterocycles. The average Bonchev–Trinajstić information content (AvgIpc) is 2.50. The highest BCUT2D eigenvalue weighted by Crippen LogP contribution is 2.38. The molecule has 0 amide bonds.